The molecule has 1 aliphatic rings. The van der Waals surface area contributed by atoms with Gasteiger partial charge in [0.1, 0.15) is 11.9 Å². The lowest BCUT2D eigenvalue weighted by molar-refractivity contribution is -0.150. The fourth-order valence-electron chi connectivity index (χ4n) is 4.46. The van der Waals surface area contributed by atoms with E-state index < -0.39 is 0 Å². The summed E-state index contributed by atoms with van der Waals surface area (Å²) in [5, 5.41) is 4.70. The molecule has 35 heavy (non-hydrogen) atoms. The first kappa shape index (κ1) is 25.4. The number of likely N-dealkylation sites (N-methyl/N-ethyl adjacent to an activating group) is 1. The first-order valence-corrected chi connectivity index (χ1v) is 12.6. The number of halogens is 2. The maximum Gasteiger partial charge on any atom is 0.320 e. The van der Waals surface area contributed by atoms with Crippen molar-refractivity contribution >= 4 is 35.0 Å². The molecular weight excluding hydrogens is 483 g/mol. The Morgan fingerprint density at radius 2 is 1.83 bits per heavy atom. The molecule has 0 aliphatic heterocycles. The Hall–Kier alpha value is -2.67. The predicted octanol–water partition coefficient (Wildman–Crippen LogP) is 5.76. The number of esters is 1. The van der Waals surface area contributed by atoms with E-state index in [1.807, 2.05) is 57.1 Å². The quantitative estimate of drug-likeness (QED) is 0.387. The number of aryl methyl sites for hydroxylation is 2. The third-order valence-corrected chi connectivity index (χ3v) is 6.65. The molecule has 2 unspecified atom stereocenters. The lowest BCUT2D eigenvalue weighted by atomic mass is 10.1. The molecule has 0 bridgehead atoms. The second-order valence-corrected chi connectivity index (χ2v) is 9.78. The predicted molar refractivity (Wildman–Crippen MR) is 141 cm³/mol. The van der Waals surface area contributed by atoms with Gasteiger partial charge in [-0.15, -0.1) is 0 Å². The highest BCUT2D eigenvalue weighted by molar-refractivity contribution is 6.36. The maximum atomic E-state index is 12.5. The Kier molecular flexibility index (Phi) is 7.95. The van der Waals surface area contributed by atoms with E-state index in [1.165, 1.54) is 5.56 Å². The highest BCUT2D eigenvalue weighted by Gasteiger charge is 2.36. The Morgan fingerprint density at radius 1 is 1.09 bits per heavy atom. The van der Waals surface area contributed by atoms with Gasteiger partial charge in [0, 0.05) is 17.0 Å². The van der Waals surface area contributed by atoms with Crippen LogP contribution in [0.1, 0.15) is 42.4 Å². The van der Waals surface area contributed by atoms with Gasteiger partial charge in [0.15, 0.2) is 0 Å². The second-order valence-electron chi connectivity index (χ2n) is 8.94. The maximum absolute atomic E-state index is 12.5. The van der Waals surface area contributed by atoms with Crippen molar-refractivity contribution in [2.75, 3.05) is 26.0 Å². The number of hydrogen-bond donors (Lipinski definition) is 1. The zero-order valence-electron chi connectivity index (χ0n) is 20.4. The van der Waals surface area contributed by atoms with E-state index in [0.29, 0.717) is 35.1 Å². The molecule has 0 saturated heterocycles. The van der Waals surface area contributed by atoms with Crippen LogP contribution in [-0.2, 0) is 28.8 Å². The van der Waals surface area contributed by atoms with Crippen molar-refractivity contribution in [2.45, 2.75) is 45.3 Å². The monoisotopic (exact) mass is 512 g/mol. The number of carbonyl (C=O) groups is 1. The summed E-state index contributed by atoms with van der Waals surface area (Å²) in [6, 6.07) is 13.4. The zero-order valence-corrected chi connectivity index (χ0v) is 22.0. The van der Waals surface area contributed by atoms with Gasteiger partial charge in [-0.1, -0.05) is 61.3 Å². The molecule has 2 atom stereocenters. The summed E-state index contributed by atoms with van der Waals surface area (Å²) in [6.45, 7) is 4.32. The Bertz CT molecular complexity index is 1230. The molecule has 6 nitrogen and oxygen atoms in total. The molecule has 184 valence electrons. The average molecular weight is 513 g/mol. The molecule has 1 aromatic heterocycles. The van der Waals surface area contributed by atoms with Gasteiger partial charge in [-0.2, -0.15) is 0 Å². The average Bonchev–Trinajstić information content (AvgIpc) is 3.15. The number of benzene rings is 2. The Balaban J connectivity index is 1.71. The molecule has 3 aromatic rings. The van der Waals surface area contributed by atoms with Crippen LogP contribution in [0.15, 0.2) is 42.5 Å². The van der Waals surface area contributed by atoms with Crippen molar-refractivity contribution in [3.05, 3.63) is 75.0 Å². The molecule has 4 rings (SSSR count). The number of carbonyl (C=O) groups excluding carboxylic acids is 1. The van der Waals surface area contributed by atoms with Gasteiger partial charge in [0.25, 0.3) is 0 Å². The first-order valence-electron chi connectivity index (χ1n) is 11.8. The molecule has 1 aliphatic carbocycles. The number of hydrogen-bond acceptors (Lipinski definition) is 6. The molecule has 1 heterocycles. The number of rotatable bonds is 8. The number of ether oxygens (including phenoxy) is 1. The number of fused-ring (bicyclic) bond motifs is 1. The number of nitrogens with zero attached hydrogens (tertiary/aromatic N) is 3. The topological polar surface area (TPSA) is 67.4 Å². The lowest BCUT2D eigenvalue weighted by Crippen LogP contribution is -2.32. The van der Waals surface area contributed by atoms with E-state index in [0.717, 1.165) is 28.2 Å². The summed E-state index contributed by atoms with van der Waals surface area (Å²) in [6.07, 6.45) is 1.68. The third-order valence-electron chi connectivity index (χ3n) is 6.10. The molecule has 1 N–H and O–H groups in total. The van der Waals surface area contributed by atoms with Crippen LogP contribution in [-0.4, -0.2) is 47.6 Å². The molecule has 0 radical (unpaired) electrons. The smallest absolute Gasteiger partial charge is 0.320 e. The normalized spacial score (nSPS) is 16.9. The molecule has 0 saturated carbocycles. The van der Waals surface area contributed by atoms with Gasteiger partial charge in [0.2, 0.25) is 0 Å². The molecular formula is C27H30Cl2N4O2. The fourth-order valence-corrected chi connectivity index (χ4v) is 4.96. The third kappa shape index (κ3) is 5.61. The minimum Gasteiger partial charge on any atom is -0.458 e. The summed E-state index contributed by atoms with van der Waals surface area (Å²) in [4.78, 5) is 24.3. The van der Waals surface area contributed by atoms with E-state index >= 15 is 0 Å². The van der Waals surface area contributed by atoms with Crippen LogP contribution in [0.3, 0.4) is 0 Å². The van der Waals surface area contributed by atoms with Gasteiger partial charge in [0.05, 0.1) is 34.7 Å². The van der Waals surface area contributed by atoms with E-state index in [4.69, 9.17) is 37.9 Å². The molecule has 8 heteroatoms. The summed E-state index contributed by atoms with van der Waals surface area (Å²) in [5.41, 5.74) is 5.51. The molecule has 2 aromatic carbocycles. The highest BCUT2D eigenvalue weighted by Crippen LogP contribution is 2.38. The summed E-state index contributed by atoms with van der Waals surface area (Å²) >= 11 is 12.6. The van der Waals surface area contributed by atoms with Crippen LogP contribution in [0.4, 0.5) is 5.82 Å². The van der Waals surface area contributed by atoms with Crippen LogP contribution in [0.25, 0.3) is 11.3 Å². The highest BCUT2D eigenvalue weighted by atomic mass is 35.5. The van der Waals surface area contributed by atoms with Crippen molar-refractivity contribution in [1.82, 2.24) is 14.9 Å². The van der Waals surface area contributed by atoms with Crippen molar-refractivity contribution in [3.8, 4) is 11.3 Å². The van der Waals surface area contributed by atoms with Crippen LogP contribution in [0, 0.1) is 0 Å². The van der Waals surface area contributed by atoms with Crippen LogP contribution >= 0.6 is 23.2 Å². The molecule has 0 fully saturated rings. The van der Waals surface area contributed by atoms with E-state index in [2.05, 4.69) is 17.4 Å². The van der Waals surface area contributed by atoms with Gasteiger partial charge in [-0.25, -0.2) is 9.97 Å². The molecule has 0 spiro atoms. The molecule has 0 amide bonds. The summed E-state index contributed by atoms with van der Waals surface area (Å²) in [5.74, 6) is 0.455. The van der Waals surface area contributed by atoms with Crippen molar-refractivity contribution in [1.29, 1.82) is 0 Å². The minimum absolute atomic E-state index is 0.216. The largest absolute Gasteiger partial charge is 0.458 e. The number of anilines is 1. The Morgan fingerprint density at radius 3 is 2.51 bits per heavy atom. The summed E-state index contributed by atoms with van der Waals surface area (Å²) < 4.78 is 5.92. The van der Waals surface area contributed by atoms with Crippen molar-refractivity contribution in [3.63, 3.8) is 0 Å². The van der Waals surface area contributed by atoms with E-state index in [-0.39, 0.29) is 24.7 Å². The van der Waals surface area contributed by atoms with Gasteiger partial charge >= 0.3 is 5.97 Å². The van der Waals surface area contributed by atoms with Crippen molar-refractivity contribution in [2.24, 2.45) is 0 Å². The van der Waals surface area contributed by atoms with E-state index in [1.54, 1.807) is 6.07 Å². The van der Waals surface area contributed by atoms with Crippen LogP contribution in [0.2, 0.25) is 10.0 Å². The van der Waals surface area contributed by atoms with Gasteiger partial charge in [-0.3, -0.25) is 9.69 Å². The zero-order chi connectivity index (χ0) is 25.1. The van der Waals surface area contributed by atoms with Gasteiger partial charge in [-0.05, 0) is 56.3 Å². The van der Waals surface area contributed by atoms with Crippen LogP contribution < -0.4 is 5.32 Å². The van der Waals surface area contributed by atoms with Crippen LogP contribution in [0.5, 0.6) is 0 Å². The lowest BCUT2D eigenvalue weighted by Gasteiger charge is -2.25. The van der Waals surface area contributed by atoms with Gasteiger partial charge < -0.3 is 10.1 Å². The fraction of sp³-hybridized carbons (Fsp3) is 0.370. The number of nitrogens with one attached hydrogen (secondary N) is 1. The Labute approximate surface area is 216 Å². The van der Waals surface area contributed by atoms with Crippen molar-refractivity contribution < 1.29 is 9.53 Å². The SMILES string of the molecule is CCc1nc(-c2ccc(Cl)cc2Cl)c(CC)nc1NC1c2ccccc2CC1OC(=O)CN(C)C. The number of aromatic nitrogens is 2. The first-order chi connectivity index (χ1) is 16.8. The second kappa shape index (κ2) is 10.9. The summed E-state index contributed by atoms with van der Waals surface area (Å²) in [7, 11) is 3.70. The van der Waals surface area contributed by atoms with E-state index in [9.17, 15) is 4.79 Å². The minimum atomic E-state index is -0.332. The standard InChI is InChI=1S/C27H30Cl2N4O2/c1-5-21-25(19-12-11-17(28)14-20(19)29)30-22(6-2)27(31-21)32-26-18-10-8-7-9-16(18)13-23(26)35-24(34)15-33(3)4/h7-12,14,23,26H,5-6,13,15H2,1-4H3,(H,31,32).